The van der Waals surface area contributed by atoms with E-state index in [0.717, 1.165) is 48.5 Å². The third-order valence-corrected chi connectivity index (χ3v) is 24.1. The first-order valence-corrected chi connectivity index (χ1v) is 50.5. The van der Waals surface area contributed by atoms with Gasteiger partial charge in [-0.05, 0) is 236 Å². The highest BCUT2D eigenvalue weighted by Crippen LogP contribution is 2.17. The highest BCUT2D eigenvalue weighted by molar-refractivity contribution is 6.02. The maximum Gasteiger partial charge on any atom is 0.326 e. The van der Waals surface area contributed by atoms with E-state index in [1.54, 1.807) is 0 Å². The summed E-state index contributed by atoms with van der Waals surface area (Å²) in [6.07, 6.45) is -5.22. The van der Waals surface area contributed by atoms with Gasteiger partial charge in [0.2, 0.25) is 100 Å². The zero-order chi connectivity index (χ0) is 113. The van der Waals surface area contributed by atoms with Gasteiger partial charge in [0.05, 0.1) is 84.9 Å². The molecule has 3 rings (SSSR count). The second-order valence-electron chi connectivity index (χ2n) is 37.1. The standard InChI is InChI=1S/C92H163N31O27/c1-46(124)67(100)84(141)114-64(37-54-40-101-43-104-54)81(138)121-70(49(4)127)87(144)111-61(27-13-20-34-97)79(136)117-68(47(2)125)85(142)109-57(23-9-16-30-93)75(132)107-59(25-11-18-32-95)77(134)119-73(52(7)130)90(147)115-65(38-55-41-102-44-105-55)82(139)122-71(50(5)128)88(145)112-62(28-14-21-35-98)80(137)118-69(48(3)126)86(143)110-58(24-10-17-31-94)76(133)108-60(26-12-19-33-96)78(135)120-74(53(8)131)91(148)116-66(39-56-42-103-45-106-56)83(140)123-72(51(6)129)89(146)113-63(92(149)150)29-15-22-36-99/h40-53,57-74,124-131H,9-39,93-100H2,1-8H3,(H,101,104)(H,102,105)(H,103,106)(H,107,132)(H,108,133)(H,109,142)(H,110,143)(H,111,144)(H,112,145)(H,113,146)(H,114,141)(H,115,147)(H,116,148)(H,117,136)(H,118,137)(H,119,134)(H,120,135)(H,121,138)(H,122,139)(H,123,140)(H,149,150)/t46-,47-,48-,49-,50-,51-,52-,53-,57+,58+,59+,60+,61+,62+,63+,64+,65+,66+,67+,68+,69+,70+,71+,72+,73+,74+/m1/s1. The molecule has 0 aliphatic heterocycles. The fourth-order valence-corrected chi connectivity index (χ4v) is 15.3. The van der Waals surface area contributed by atoms with Crippen LogP contribution in [0, 0.1) is 0 Å². The number of carbonyl (C=O) groups is 18. The molecule has 3 aromatic heterocycles. The molecule has 0 aliphatic rings. The highest BCUT2D eigenvalue weighted by atomic mass is 16.4. The third kappa shape index (κ3) is 47.3. The molecule has 848 valence electrons. The van der Waals surface area contributed by atoms with Crippen LogP contribution in [-0.2, 0) is 106 Å². The third-order valence-electron chi connectivity index (χ3n) is 24.1. The SMILES string of the molecule is C[C@@H](O)[C@H](N)C(=O)N[C@@H](Cc1c[nH]cn1)C(=O)N[C@H](C(=O)N[C@@H](CCCCN)C(=O)N[C@H](C(=O)N[C@@H](CCCCN)C(=O)N[C@@H](CCCCN)C(=O)N[C@H](C(=O)N[C@@H](Cc1c[nH]cn1)C(=O)N[C@H](C(=O)N[C@@H](CCCCN)C(=O)N[C@H](C(=O)N[C@@H](CCCCN)C(=O)N[C@@H](CCCCN)C(=O)N[C@H](C(=O)N[C@@H](Cc1c[nH]cn1)C(=O)N[C@H](C(=O)N[C@@H](CCCCN)C(=O)O)[C@@H](C)O)[C@@H](C)O)[C@@H](C)O)[C@@H](C)O)[C@@H](C)O)[C@@H](C)O)[C@@H](C)O. The second-order valence-corrected chi connectivity index (χ2v) is 37.1. The number of hydrogen-bond acceptors (Lipinski definition) is 37. The molecule has 3 aromatic rings. The number of rotatable bonds is 77. The summed E-state index contributed by atoms with van der Waals surface area (Å²) in [5, 5.41) is 139. The molecular weight excluding hydrogens is 1970 g/mol. The molecule has 26 atom stereocenters. The minimum atomic E-state index is -2.02. The number of unbranched alkanes of at least 4 members (excludes halogenated alkanes) is 7. The Hall–Kier alpha value is -12.5. The Morgan fingerprint density at radius 1 is 0.227 bits per heavy atom. The van der Waals surface area contributed by atoms with Crippen molar-refractivity contribution in [1.29, 1.82) is 0 Å². The van der Waals surface area contributed by atoms with Gasteiger partial charge < -0.3 is 197 Å². The lowest BCUT2D eigenvalue weighted by atomic mass is 10.0. The van der Waals surface area contributed by atoms with E-state index >= 15 is 0 Å². The Bertz CT molecular complexity index is 4630. The Morgan fingerprint density at radius 2 is 0.380 bits per heavy atom. The lowest BCUT2D eigenvalue weighted by Crippen LogP contribution is -2.64. The molecule has 0 saturated heterocycles. The zero-order valence-corrected chi connectivity index (χ0v) is 86.2. The lowest BCUT2D eigenvalue weighted by Gasteiger charge is -2.30. The van der Waals surface area contributed by atoms with Crippen molar-refractivity contribution in [1.82, 2.24) is 120 Å². The quantitative estimate of drug-likeness (QED) is 0.0233. The Balaban J connectivity index is 1.96. The molecule has 0 spiro atoms. The number of nitrogens with two attached hydrogens (primary N) is 8. The molecule has 0 aromatic carbocycles. The normalized spacial score (nSPS) is 16.6. The number of carboxylic acids is 1. The van der Waals surface area contributed by atoms with E-state index in [-0.39, 0.29) is 185 Å². The molecule has 3 heterocycles. The van der Waals surface area contributed by atoms with Crippen molar-refractivity contribution >= 4 is 106 Å². The van der Waals surface area contributed by atoms with Gasteiger partial charge in [0.1, 0.15) is 109 Å². The first kappa shape index (κ1) is 132. The number of imidazole rings is 3. The summed E-state index contributed by atoms with van der Waals surface area (Å²) in [7, 11) is 0. The number of carbonyl (C=O) groups excluding carboxylic acids is 17. The molecular formula is C92H163N31O27. The van der Waals surface area contributed by atoms with E-state index in [1.165, 1.54) is 44.5 Å². The van der Waals surface area contributed by atoms with Crippen LogP contribution in [0.1, 0.15) is 207 Å². The predicted molar refractivity (Wildman–Crippen MR) is 539 cm³/mol. The highest BCUT2D eigenvalue weighted by Gasteiger charge is 2.44. The number of aliphatic carboxylic acids is 1. The van der Waals surface area contributed by atoms with E-state index in [9.17, 15) is 132 Å². The maximum absolute atomic E-state index is 14.8. The zero-order valence-electron chi connectivity index (χ0n) is 86.2. The number of amides is 17. The summed E-state index contributed by atoms with van der Waals surface area (Å²) < 4.78 is 0. The number of hydrogen-bond donors (Lipinski definition) is 37. The molecule has 17 amide bonds. The molecule has 58 heteroatoms. The van der Waals surface area contributed by atoms with Crippen LogP contribution >= 0.6 is 0 Å². The number of carboxylic acid groups (broad SMARTS) is 1. The van der Waals surface area contributed by atoms with Crippen molar-refractivity contribution in [2.24, 2.45) is 45.9 Å². The van der Waals surface area contributed by atoms with Gasteiger partial charge in [-0.25, -0.2) is 19.7 Å². The monoisotopic (exact) mass is 2130 g/mol. The van der Waals surface area contributed by atoms with Gasteiger partial charge in [0.25, 0.3) is 0 Å². The number of H-pyrrole nitrogens is 3. The van der Waals surface area contributed by atoms with Gasteiger partial charge in [-0.1, -0.05) is 0 Å². The van der Waals surface area contributed by atoms with Crippen molar-refractivity contribution in [3.63, 3.8) is 0 Å². The Morgan fingerprint density at radius 3 is 0.540 bits per heavy atom. The Labute approximate surface area is 868 Å². The topological polar surface area (TPSA) is 988 Å². The van der Waals surface area contributed by atoms with Crippen molar-refractivity contribution in [2.75, 3.05) is 45.8 Å². The van der Waals surface area contributed by atoms with Crippen LogP contribution in [-0.4, -0.2) is 386 Å². The fraction of sp³-hybridized carbons (Fsp3) is 0.707. The van der Waals surface area contributed by atoms with E-state index in [2.05, 4.69) is 120 Å². The van der Waals surface area contributed by atoms with Crippen LogP contribution in [0.2, 0.25) is 0 Å². The van der Waals surface area contributed by atoms with Crippen molar-refractivity contribution in [3.8, 4) is 0 Å². The van der Waals surface area contributed by atoms with Crippen LogP contribution in [0.4, 0.5) is 0 Å². The molecule has 150 heavy (non-hydrogen) atoms. The van der Waals surface area contributed by atoms with Gasteiger partial charge in [0, 0.05) is 37.9 Å². The molecule has 0 fully saturated rings. The number of nitrogens with one attached hydrogen (secondary N) is 20. The van der Waals surface area contributed by atoms with Crippen LogP contribution in [0.5, 0.6) is 0 Å². The summed E-state index contributed by atoms with van der Waals surface area (Å²) >= 11 is 0. The van der Waals surface area contributed by atoms with Gasteiger partial charge in [-0.2, -0.15) is 0 Å². The molecule has 0 saturated carbocycles. The van der Waals surface area contributed by atoms with Crippen LogP contribution in [0.3, 0.4) is 0 Å². The largest absolute Gasteiger partial charge is 0.480 e. The minimum absolute atomic E-state index is 0.0530. The molecule has 0 radical (unpaired) electrons. The number of aliphatic hydroxyl groups is 8. The van der Waals surface area contributed by atoms with Crippen LogP contribution < -0.4 is 136 Å². The molecule has 45 N–H and O–H groups in total. The number of aromatic nitrogens is 6. The van der Waals surface area contributed by atoms with E-state index in [1.807, 2.05) is 0 Å². The molecule has 0 aliphatic carbocycles. The van der Waals surface area contributed by atoms with Crippen LogP contribution in [0.25, 0.3) is 0 Å². The van der Waals surface area contributed by atoms with E-state index in [4.69, 9.17) is 45.9 Å². The van der Waals surface area contributed by atoms with E-state index in [0.29, 0.717) is 19.3 Å². The number of aromatic amines is 3. The fourth-order valence-electron chi connectivity index (χ4n) is 15.3. The second kappa shape index (κ2) is 70.5. The molecule has 58 nitrogen and oxygen atoms in total. The smallest absolute Gasteiger partial charge is 0.326 e. The van der Waals surface area contributed by atoms with Crippen LogP contribution in [0.15, 0.2) is 37.6 Å². The molecule has 0 unspecified atom stereocenters. The van der Waals surface area contributed by atoms with Gasteiger partial charge in [-0.15, -0.1) is 0 Å². The van der Waals surface area contributed by atoms with Gasteiger partial charge in [-0.3, -0.25) is 81.5 Å². The summed E-state index contributed by atoms with van der Waals surface area (Å²) in [5.41, 5.74) is 46.9. The van der Waals surface area contributed by atoms with Crippen molar-refractivity contribution in [3.05, 3.63) is 54.7 Å². The number of aliphatic hydroxyl groups excluding tert-OH is 8. The summed E-state index contributed by atoms with van der Waals surface area (Å²) in [5.74, 6) is -20.6. The average molecular weight is 2140 g/mol. The Kier molecular flexibility index (Phi) is 61.8. The van der Waals surface area contributed by atoms with Crippen molar-refractivity contribution < 1.29 is 132 Å². The van der Waals surface area contributed by atoms with Crippen molar-refractivity contribution in [2.45, 2.75) is 367 Å². The number of nitrogens with zero attached hydrogens (tertiary/aromatic N) is 3. The lowest BCUT2D eigenvalue weighted by molar-refractivity contribution is -0.143. The van der Waals surface area contributed by atoms with Gasteiger partial charge in [0.15, 0.2) is 0 Å². The van der Waals surface area contributed by atoms with E-state index < -0.39 is 277 Å². The first-order chi connectivity index (χ1) is 71.0. The van der Waals surface area contributed by atoms with Gasteiger partial charge >= 0.3 is 5.97 Å². The summed E-state index contributed by atoms with van der Waals surface area (Å²) in [6, 6.07) is -31.1. The first-order valence-electron chi connectivity index (χ1n) is 50.5. The summed E-state index contributed by atoms with van der Waals surface area (Å²) in [4.78, 5) is 277. The summed E-state index contributed by atoms with van der Waals surface area (Å²) in [6.45, 7) is 9.78. The predicted octanol–water partition coefficient (Wildman–Crippen LogP) is -13.5. The maximum atomic E-state index is 14.8. The molecule has 0 bridgehead atoms. The average Bonchev–Trinajstić information content (AvgIpc) is 0.949. The minimum Gasteiger partial charge on any atom is -0.480 e.